The predicted octanol–water partition coefficient (Wildman–Crippen LogP) is -1.46. The largest absolute Gasteiger partial charge is 0.394 e. The van der Waals surface area contributed by atoms with Crippen LogP contribution in [0.25, 0.3) is 0 Å². The minimum absolute atomic E-state index is 0.0367. The maximum absolute atomic E-state index is 9.52. The summed E-state index contributed by atoms with van der Waals surface area (Å²) in [6.07, 6.45) is -1.00. The van der Waals surface area contributed by atoms with Gasteiger partial charge in [-0.2, -0.15) is 0 Å². The summed E-state index contributed by atoms with van der Waals surface area (Å²) < 4.78 is 5.36. The van der Waals surface area contributed by atoms with Crippen molar-refractivity contribution in [1.29, 1.82) is 0 Å². The van der Waals surface area contributed by atoms with Crippen LogP contribution in [0.3, 0.4) is 0 Å². The second-order valence-electron chi connectivity index (χ2n) is 3.13. The van der Waals surface area contributed by atoms with Crippen LogP contribution in [-0.4, -0.2) is 49.5 Å². The smallest absolute Gasteiger partial charge is 0.241 e. The van der Waals surface area contributed by atoms with Gasteiger partial charge in [-0.25, -0.2) is 0 Å². The molecule has 0 aromatic rings. The molecule has 1 radical (unpaired) electrons. The Morgan fingerprint density at radius 1 is 1.58 bits per heavy atom. The molecule has 3 N–H and O–H groups in total. The van der Waals surface area contributed by atoms with E-state index in [2.05, 4.69) is 5.23 Å². The van der Waals surface area contributed by atoms with E-state index in [1.165, 1.54) is 0 Å². The standard InChI is InChI=1S/C7H15BNO3/c1-4-6(11)5(3-10)12-7(4)8-9-2/h4-7,9-11H,3H2,1-2H3/t4-,5+,6?,7+/m0/s1. The van der Waals surface area contributed by atoms with E-state index in [1.54, 1.807) is 14.5 Å². The number of hydrogen-bond donors (Lipinski definition) is 3. The summed E-state index contributed by atoms with van der Waals surface area (Å²) in [7, 11) is 3.57. The highest BCUT2D eigenvalue weighted by Crippen LogP contribution is 2.25. The number of rotatable bonds is 3. The van der Waals surface area contributed by atoms with E-state index >= 15 is 0 Å². The van der Waals surface area contributed by atoms with Gasteiger partial charge in [0.15, 0.2) is 0 Å². The first kappa shape index (κ1) is 9.99. The van der Waals surface area contributed by atoms with Crippen molar-refractivity contribution in [3.8, 4) is 0 Å². The van der Waals surface area contributed by atoms with Crippen LogP contribution < -0.4 is 5.23 Å². The fraction of sp³-hybridized carbons (Fsp3) is 1.00. The van der Waals surface area contributed by atoms with Gasteiger partial charge in [-0.15, -0.1) is 0 Å². The Labute approximate surface area is 73.2 Å². The molecular weight excluding hydrogens is 157 g/mol. The SMILES string of the molecule is CN[B][C@@H]1O[C@H](CO)C(O)[C@@H]1C. The lowest BCUT2D eigenvalue weighted by Crippen LogP contribution is -2.33. The molecule has 1 heterocycles. The third kappa shape index (κ3) is 1.80. The van der Waals surface area contributed by atoms with Gasteiger partial charge in [0.1, 0.15) is 6.10 Å². The molecule has 1 saturated heterocycles. The van der Waals surface area contributed by atoms with Gasteiger partial charge in [0.2, 0.25) is 7.41 Å². The number of ether oxygens (including phenoxy) is 1. The van der Waals surface area contributed by atoms with Crippen LogP contribution in [0.5, 0.6) is 0 Å². The van der Waals surface area contributed by atoms with Crippen molar-refractivity contribution in [1.82, 2.24) is 5.23 Å². The minimum atomic E-state index is -0.565. The van der Waals surface area contributed by atoms with Crippen molar-refractivity contribution in [2.75, 3.05) is 13.7 Å². The van der Waals surface area contributed by atoms with Crippen LogP contribution in [0.1, 0.15) is 6.92 Å². The molecule has 0 amide bonds. The Bertz CT molecular complexity index is 147. The molecule has 4 atom stereocenters. The fourth-order valence-electron chi connectivity index (χ4n) is 1.45. The van der Waals surface area contributed by atoms with E-state index in [9.17, 15) is 5.11 Å². The molecule has 69 valence electrons. The molecule has 0 aromatic carbocycles. The lowest BCUT2D eigenvalue weighted by atomic mass is 9.77. The van der Waals surface area contributed by atoms with E-state index < -0.39 is 12.2 Å². The molecule has 0 aliphatic carbocycles. The van der Waals surface area contributed by atoms with Gasteiger partial charge in [-0.3, -0.25) is 0 Å². The average molecular weight is 172 g/mol. The molecule has 1 aliphatic heterocycles. The minimum Gasteiger partial charge on any atom is -0.394 e. The molecule has 1 unspecified atom stereocenters. The quantitative estimate of drug-likeness (QED) is 0.455. The number of hydrogen-bond acceptors (Lipinski definition) is 4. The first-order valence-corrected chi connectivity index (χ1v) is 4.15. The van der Waals surface area contributed by atoms with Crippen LogP contribution in [0.15, 0.2) is 0 Å². The van der Waals surface area contributed by atoms with E-state index in [-0.39, 0.29) is 18.5 Å². The highest BCUT2D eigenvalue weighted by Gasteiger charge is 2.40. The zero-order valence-electron chi connectivity index (χ0n) is 7.40. The molecule has 1 rings (SSSR count). The van der Waals surface area contributed by atoms with Crippen molar-refractivity contribution in [3.63, 3.8) is 0 Å². The van der Waals surface area contributed by atoms with Gasteiger partial charge in [0, 0.05) is 11.9 Å². The van der Waals surface area contributed by atoms with Gasteiger partial charge in [-0.1, -0.05) is 6.92 Å². The average Bonchev–Trinajstić information content (AvgIpc) is 2.33. The molecule has 12 heavy (non-hydrogen) atoms. The third-order valence-corrected chi connectivity index (χ3v) is 2.28. The van der Waals surface area contributed by atoms with E-state index in [0.29, 0.717) is 0 Å². The van der Waals surface area contributed by atoms with E-state index in [1.807, 2.05) is 6.92 Å². The molecule has 4 nitrogen and oxygen atoms in total. The Balaban J connectivity index is 2.48. The second kappa shape index (κ2) is 4.23. The van der Waals surface area contributed by atoms with E-state index in [4.69, 9.17) is 9.84 Å². The van der Waals surface area contributed by atoms with Crippen molar-refractivity contribution in [3.05, 3.63) is 0 Å². The fourth-order valence-corrected chi connectivity index (χ4v) is 1.45. The molecule has 5 heteroatoms. The first-order valence-electron chi connectivity index (χ1n) is 4.15. The molecule has 1 aliphatic rings. The summed E-state index contributed by atoms with van der Waals surface area (Å²) >= 11 is 0. The maximum Gasteiger partial charge on any atom is 0.241 e. The van der Waals surface area contributed by atoms with Crippen molar-refractivity contribution in [2.24, 2.45) is 5.92 Å². The highest BCUT2D eigenvalue weighted by atomic mass is 16.5. The number of aliphatic hydroxyl groups is 2. The van der Waals surface area contributed by atoms with Crippen molar-refractivity contribution in [2.45, 2.75) is 25.1 Å². The normalized spacial score (nSPS) is 41.7. The number of aliphatic hydroxyl groups excluding tert-OH is 2. The van der Waals surface area contributed by atoms with Gasteiger partial charge in [0.05, 0.1) is 12.7 Å². The van der Waals surface area contributed by atoms with Crippen LogP contribution >= 0.6 is 0 Å². The highest BCUT2D eigenvalue weighted by molar-refractivity contribution is 6.34. The topological polar surface area (TPSA) is 61.7 Å². The summed E-state index contributed by atoms with van der Waals surface area (Å²) in [6, 6.07) is -0.109. The number of nitrogens with one attached hydrogen (secondary N) is 1. The van der Waals surface area contributed by atoms with Gasteiger partial charge in [0.25, 0.3) is 0 Å². The lowest BCUT2D eigenvalue weighted by Gasteiger charge is -2.12. The lowest BCUT2D eigenvalue weighted by molar-refractivity contribution is -0.00569. The van der Waals surface area contributed by atoms with Crippen molar-refractivity contribution >= 4 is 7.41 Å². The van der Waals surface area contributed by atoms with Gasteiger partial charge >= 0.3 is 0 Å². The molecule has 0 saturated carbocycles. The second-order valence-corrected chi connectivity index (χ2v) is 3.13. The predicted molar refractivity (Wildman–Crippen MR) is 45.7 cm³/mol. The summed E-state index contributed by atoms with van der Waals surface area (Å²) in [6.45, 7) is 1.78. The van der Waals surface area contributed by atoms with Crippen LogP contribution in [-0.2, 0) is 4.74 Å². The molecule has 0 spiro atoms. The Morgan fingerprint density at radius 3 is 2.67 bits per heavy atom. The van der Waals surface area contributed by atoms with Crippen LogP contribution in [0, 0.1) is 5.92 Å². The Hall–Kier alpha value is -0.0951. The van der Waals surface area contributed by atoms with Crippen molar-refractivity contribution < 1.29 is 14.9 Å². The molecular formula is C7H15BNO3. The maximum atomic E-state index is 9.52. The molecule has 0 bridgehead atoms. The third-order valence-electron chi connectivity index (χ3n) is 2.28. The van der Waals surface area contributed by atoms with Gasteiger partial charge < -0.3 is 20.2 Å². The molecule has 1 fully saturated rings. The zero-order valence-corrected chi connectivity index (χ0v) is 7.40. The first-order chi connectivity index (χ1) is 5.70. The monoisotopic (exact) mass is 172 g/mol. The summed E-state index contributed by atoms with van der Waals surface area (Å²) in [5.41, 5.74) is 0. The van der Waals surface area contributed by atoms with E-state index in [0.717, 1.165) is 0 Å². The van der Waals surface area contributed by atoms with Gasteiger partial charge in [-0.05, 0) is 7.05 Å². The molecule has 0 aromatic heterocycles. The summed E-state index contributed by atoms with van der Waals surface area (Å²) in [4.78, 5) is 0. The Morgan fingerprint density at radius 2 is 2.25 bits per heavy atom. The summed E-state index contributed by atoms with van der Waals surface area (Å²) in [5, 5.41) is 21.2. The Kier molecular flexibility index (Phi) is 3.52. The summed E-state index contributed by atoms with van der Waals surface area (Å²) in [5.74, 6) is 0.0367. The zero-order chi connectivity index (χ0) is 9.14. The van der Waals surface area contributed by atoms with Crippen LogP contribution in [0.4, 0.5) is 0 Å². The van der Waals surface area contributed by atoms with Crippen LogP contribution in [0.2, 0.25) is 0 Å².